The molecular formula is C31H50O2. The smallest absolute Gasteiger partial charge is 0.138 e. The van der Waals surface area contributed by atoms with Crippen LogP contribution >= 0.6 is 0 Å². The third-order valence-corrected chi connectivity index (χ3v) is 12.1. The number of Topliss-reactive ketones (excluding diaryl/α,β-unsaturated/α-hetero) is 1. The van der Waals surface area contributed by atoms with Crippen LogP contribution in [0.3, 0.4) is 0 Å². The van der Waals surface area contributed by atoms with E-state index in [0.717, 1.165) is 25.7 Å². The average Bonchev–Trinajstić information content (AvgIpc) is 3.02. The second-order valence-electron chi connectivity index (χ2n) is 13.9. The summed E-state index contributed by atoms with van der Waals surface area (Å²) in [6.45, 7) is 23.0. The molecule has 0 saturated heterocycles. The van der Waals surface area contributed by atoms with Crippen molar-refractivity contribution in [2.45, 2.75) is 119 Å². The highest BCUT2D eigenvalue weighted by Crippen LogP contribution is 2.72. The number of aliphatic hydroxyl groups is 1. The molecule has 4 rings (SSSR count). The minimum absolute atomic E-state index is 0.188. The second-order valence-corrected chi connectivity index (χ2v) is 13.9. The van der Waals surface area contributed by atoms with Crippen LogP contribution in [0.15, 0.2) is 23.3 Å². The van der Waals surface area contributed by atoms with Gasteiger partial charge in [-0.2, -0.15) is 0 Å². The Bertz CT molecular complexity index is 862. The predicted octanol–water partition coefficient (Wildman–Crippen LogP) is 7.90. The summed E-state index contributed by atoms with van der Waals surface area (Å²) >= 11 is 0. The van der Waals surface area contributed by atoms with Crippen molar-refractivity contribution in [1.29, 1.82) is 0 Å². The molecule has 0 aromatic heterocycles. The second kappa shape index (κ2) is 8.07. The van der Waals surface area contributed by atoms with E-state index in [1.165, 1.54) is 37.7 Å². The molecule has 33 heavy (non-hydrogen) atoms. The minimum atomic E-state index is -0.294. The number of carbonyl (C=O) groups is 1. The highest BCUT2D eigenvalue weighted by Gasteiger charge is 2.63. The summed E-state index contributed by atoms with van der Waals surface area (Å²) in [7, 11) is 0. The molecule has 2 heteroatoms. The maximum atomic E-state index is 12.8. The van der Waals surface area contributed by atoms with Crippen molar-refractivity contribution in [1.82, 2.24) is 0 Å². The van der Waals surface area contributed by atoms with Crippen LogP contribution in [-0.4, -0.2) is 17.0 Å². The standard InChI is InChI=1S/C31H50O2/c1-19(2)20(3)18-25(32)21(4)22-12-16-31(9)24-10-11-26-28(5,6)27(33)14-15-29(26,7)23(24)13-17-30(22,31)8/h19,21-22,25-26,32H,3,10-18H2,1-2,4-9H3. The highest BCUT2D eigenvalue weighted by atomic mass is 16.3. The van der Waals surface area contributed by atoms with Gasteiger partial charge in [0.2, 0.25) is 0 Å². The maximum absolute atomic E-state index is 12.8. The van der Waals surface area contributed by atoms with Crippen LogP contribution in [0.1, 0.15) is 113 Å². The first-order chi connectivity index (χ1) is 15.2. The molecule has 0 bridgehead atoms. The fraction of sp³-hybridized carbons (Fsp3) is 0.839. The molecule has 0 radical (unpaired) electrons. The Labute approximate surface area is 203 Å². The van der Waals surface area contributed by atoms with Gasteiger partial charge in [0.1, 0.15) is 5.78 Å². The molecule has 1 N–H and O–H groups in total. The first-order valence-electron chi connectivity index (χ1n) is 13.8. The average molecular weight is 455 g/mol. The van der Waals surface area contributed by atoms with Crippen molar-refractivity contribution in [2.24, 2.45) is 45.3 Å². The number of rotatable bonds is 5. The van der Waals surface area contributed by atoms with E-state index in [0.29, 0.717) is 29.5 Å². The van der Waals surface area contributed by atoms with E-state index in [2.05, 4.69) is 62.0 Å². The Morgan fingerprint density at radius 2 is 1.64 bits per heavy atom. The molecule has 0 aromatic carbocycles. The van der Waals surface area contributed by atoms with E-state index >= 15 is 0 Å². The number of ketones is 1. The van der Waals surface area contributed by atoms with Crippen LogP contribution in [0.25, 0.3) is 0 Å². The van der Waals surface area contributed by atoms with Gasteiger partial charge in [-0.05, 0) is 91.3 Å². The fourth-order valence-electron chi connectivity index (χ4n) is 9.33. The van der Waals surface area contributed by atoms with E-state index in [9.17, 15) is 9.90 Å². The fourth-order valence-corrected chi connectivity index (χ4v) is 9.33. The largest absolute Gasteiger partial charge is 0.393 e. The van der Waals surface area contributed by atoms with Crippen molar-refractivity contribution in [2.75, 3.05) is 0 Å². The van der Waals surface area contributed by atoms with Gasteiger partial charge in [-0.1, -0.05) is 78.7 Å². The quantitative estimate of drug-likeness (QED) is 0.429. The van der Waals surface area contributed by atoms with E-state index in [-0.39, 0.29) is 27.8 Å². The number of fused-ring (bicyclic) bond motifs is 4. The first-order valence-corrected chi connectivity index (χ1v) is 13.8. The molecule has 7 atom stereocenters. The van der Waals surface area contributed by atoms with Gasteiger partial charge < -0.3 is 5.11 Å². The lowest BCUT2D eigenvalue weighted by molar-refractivity contribution is -0.139. The van der Waals surface area contributed by atoms with Crippen molar-refractivity contribution >= 4 is 5.78 Å². The van der Waals surface area contributed by atoms with Gasteiger partial charge >= 0.3 is 0 Å². The molecule has 0 heterocycles. The summed E-state index contributed by atoms with van der Waals surface area (Å²) in [5, 5.41) is 11.2. The third-order valence-electron chi connectivity index (χ3n) is 12.1. The summed E-state index contributed by atoms with van der Waals surface area (Å²) < 4.78 is 0. The van der Waals surface area contributed by atoms with Gasteiger partial charge in [-0.3, -0.25) is 4.79 Å². The lowest BCUT2D eigenvalue weighted by Gasteiger charge is -2.61. The number of aliphatic hydroxyl groups excluding tert-OH is 1. The molecule has 0 amide bonds. The lowest BCUT2D eigenvalue weighted by atomic mass is 9.43. The van der Waals surface area contributed by atoms with Crippen molar-refractivity contribution < 1.29 is 9.90 Å². The summed E-state index contributed by atoms with van der Waals surface area (Å²) in [4.78, 5) is 12.8. The number of carbonyl (C=O) groups excluding carboxylic acids is 1. The molecule has 4 aliphatic rings. The van der Waals surface area contributed by atoms with Crippen LogP contribution in [0.2, 0.25) is 0 Å². The molecule has 2 fully saturated rings. The molecule has 186 valence electrons. The van der Waals surface area contributed by atoms with Crippen LogP contribution in [0, 0.1) is 45.3 Å². The Morgan fingerprint density at radius 1 is 0.970 bits per heavy atom. The van der Waals surface area contributed by atoms with Crippen molar-refractivity contribution in [3.63, 3.8) is 0 Å². The number of hydrogen-bond acceptors (Lipinski definition) is 2. The summed E-state index contributed by atoms with van der Waals surface area (Å²) in [6.07, 6.45) is 9.46. The highest BCUT2D eigenvalue weighted by molar-refractivity contribution is 5.85. The van der Waals surface area contributed by atoms with E-state index in [1.54, 1.807) is 11.1 Å². The first kappa shape index (κ1) is 25.2. The molecular weight excluding hydrogens is 404 g/mol. The normalized spacial score (nSPS) is 41.9. The van der Waals surface area contributed by atoms with Crippen LogP contribution in [-0.2, 0) is 4.79 Å². The van der Waals surface area contributed by atoms with Crippen LogP contribution < -0.4 is 0 Å². The molecule has 4 aliphatic carbocycles. The molecule has 0 aromatic rings. The van der Waals surface area contributed by atoms with Crippen molar-refractivity contribution in [3.8, 4) is 0 Å². The Kier molecular flexibility index (Phi) is 6.17. The van der Waals surface area contributed by atoms with Gasteiger partial charge in [0.15, 0.2) is 0 Å². The van der Waals surface area contributed by atoms with Gasteiger partial charge in [0.05, 0.1) is 6.10 Å². The van der Waals surface area contributed by atoms with E-state index < -0.39 is 0 Å². The minimum Gasteiger partial charge on any atom is -0.393 e. The zero-order valence-electron chi connectivity index (χ0n) is 22.8. The topological polar surface area (TPSA) is 37.3 Å². The molecule has 0 spiro atoms. The molecule has 2 saturated carbocycles. The number of hydrogen-bond donors (Lipinski definition) is 1. The SMILES string of the molecule is C=C(CC(O)C(C)C1CCC2(C)C3=C(CCC12C)C1(C)CCC(=O)C(C)(C)C1CC3)C(C)C. The van der Waals surface area contributed by atoms with E-state index in [4.69, 9.17) is 0 Å². The van der Waals surface area contributed by atoms with Crippen molar-refractivity contribution in [3.05, 3.63) is 23.3 Å². The summed E-state index contributed by atoms with van der Waals surface area (Å²) in [6, 6.07) is 0. The van der Waals surface area contributed by atoms with Crippen LogP contribution in [0.4, 0.5) is 0 Å². The Morgan fingerprint density at radius 3 is 2.27 bits per heavy atom. The Balaban J connectivity index is 1.65. The summed E-state index contributed by atoms with van der Waals surface area (Å²) in [5.74, 6) is 2.25. The van der Waals surface area contributed by atoms with Gasteiger partial charge in [0.25, 0.3) is 0 Å². The van der Waals surface area contributed by atoms with Gasteiger partial charge in [-0.25, -0.2) is 0 Å². The Hall–Kier alpha value is -0.890. The molecule has 0 aliphatic heterocycles. The summed E-state index contributed by atoms with van der Waals surface area (Å²) in [5.41, 5.74) is 5.14. The zero-order valence-corrected chi connectivity index (χ0v) is 22.8. The predicted molar refractivity (Wildman–Crippen MR) is 138 cm³/mol. The molecule has 7 unspecified atom stereocenters. The van der Waals surface area contributed by atoms with E-state index in [1.807, 2.05) is 0 Å². The van der Waals surface area contributed by atoms with Gasteiger partial charge in [0, 0.05) is 11.8 Å². The lowest BCUT2D eigenvalue weighted by Crippen LogP contribution is -2.54. The monoisotopic (exact) mass is 454 g/mol. The van der Waals surface area contributed by atoms with Gasteiger partial charge in [-0.15, -0.1) is 0 Å². The molecule has 2 nitrogen and oxygen atoms in total. The third kappa shape index (κ3) is 3.47. The maximum Gasteiger partial charge on any atom is 0.138 e. The number of allylic oxidation sites excluding steroid dienone is 2. The van der Waals surface area contributed by atoms with Crippen LogP contribution in [0.5, 0.6) is 0 Å². The zero-order chi connectivity index (χ0) is 24.6.